The Morgan fingerprint density at radius 3 is 2.58 bits per heavy atom. The lowest BCUT2D eigenvalue weighted by molar-refractivity contribution is -0.125. The largest absolute Gasteiger partial charge is 0.380 e. The molecule has 0 aromatic rings. The summed E-state index contributed by atoms with van der Waals surface area (Å²) in [4.78, 5) is 13.9. The van der Waals surface area contributed by atoms with Crippen LogP contribution in [-0.2, 0) is 14.3 Å². The van der Waals surface area contributed by atoms with Crippen LogP contribution >= 0.6 is 0 Å². The maximum atomic E-state index is 11.6. The summed E-state index contributed by atoms with van der Waals surface area (Å²) in [6.45, 7) is 16.0. The zero-order valence-corrected chi connectivity index (χ0v) is 16.6. The quantitative estimate of drug-likeness (QED) is 0.619. The number of amides is 1. The van der Waals surface area contributed by atoms with Gasteiger partial charge in [0.05, 0.1) is 19.3 Å². The van der Waals surface area contributed by atoms with Gasteiger partial charge in [-0.3, -0.25) is 9.69 Å². The average molecular weight is 345 g/mol. The second-order valence-electron chi connectivity index (χ2n) is 6.72. The third-order valence-electron chi connectivity index (χ3n) is 3.70. The van der Waals surface area contributed by atoms with E-state index in [0.717, 1.165) is 45.9 Å². The number of nitrogens with one attached hydrogen (secondary N) is 1. The molecule has 0 saturated carbocycles. The van der Waals surface area contributed by atoms with Crippen molar-refractivity contribution < 1.29 is 14.3 Å². The van der Waals surface area contributed by atoms with Gasteiger partial charge in [-0.05, 0) is 6.42 Å². The summed E-state index contributed by atoms with van der Waals surface area (Å²) in [6.07, 6.45) is 4.98. The van der Waals surface area contributed by atoms with Crippen LogP contribution < -0.4 is 5.32 Å². The number of carbonyl (C=O) groups excluding carboxylic acids is 1. The Kier molecular flexibility index (Phi) is 15.4. The van der Waals surface area contributed by atoms with Crippen LogP contribution in [0.15, 0.2) is 0 Å². The van der Waals surface area contributed by atoms with Gasteiger partial charge in [-0.1, -0.05) is 53.9 Å². The predicted molar refractivity (Wildman–Crippen MR) is 100 cm³/mol. The van der Waals surface area contributed by atoms with E-state index in [9.17, 15) is 4.79 Å². The molecule has 5 nitrogen and oxygen atoms in total. The number of carbonyl (C=O) groups is 1. The van der Waals surface area contributed by atoms with Gasteiger partial charge in [0, 0.05) is 38.7 Å². The topological polar surface area (TPSA) is 50.8 Å². The molecule has 1 aliphatic heterocycles. The van der Waals surface area contributed by atoms with Crippen molar-refractivity contribution in [1.29, 1.82) is 0 Å². The molecule has 1 heterocycles. The van der Waals surface area contributed by atoms with Crippen molar-refractivity contribution in [2.24, 2.45) is 5.92 Å². The minimum Gasteiger partial charge on any atom is -0.380 e. The molecule has 0 aromatic carbocycles. The number of nitrogens with zero attached hydrogens (tertiary/aromatic N) is 1. The van der Waals surface area contributed by atoms with Crippen molar-refractivity contribution in [3.8, 4) is 0 Å². The lowest BCUT2D eigenvalue weighted by atomic mass is 10.2. The fraction of sp³-hybridized carbons (Fsp3) is 0.947. The second kappa shape index (κ2) is 15.9. The Bertz CT molecular complexity index is 298. The molecular weight excluding hydrogens is 304 g/mol. The van der Waals surface area contributed by atoms with Gasteiger partial charge >= 0.3 is 0 Å². The molecule has 24 heavy (non-hydrogen) atoms. The third kappa shape index (κ3) is 12.7. The number of morpholine rings is 1. The van der Waals surface area contributed by atoms with Gasteiger partial charge in [0.25, 0.3) is 0 Å². The average Bonchev–Trinajstić information content (AvgIpc) is 2.57. The van der Waals surface area contributed by atoms with Crippen molar-refractivity contribution in [2.75, 3.05) is 46.0 Å². The fourth-order valence-electron chi connectivity index (χ4n) is 2.28. The number of unbranched alkanes of at least 4 members (excludes halogenated alkanes) is 2. The molecule has 0 aliphatic carbocycles. The highest BCUT2D eigenvalue weighted by atomic mass is 16.5. The highest BCUT2D eigenvalue weighted by molar-refractivity contribution is 5.77. The van der Waals surface area contributed by atoms with E-state index in [2.05, 4.69) is 31.0 Å². The molecule has 1 atom stereocenters. The van der Waals surface area contributed by atoms with E-state index in [1.54, 1.807) is 0 Å². The lowest BCUT2D eigenvalue weighted by Crippen LogP contribution is -2.48. The van der Waals surface area contributed by atoms with Crippen LogP contribution in [0.4, 0.5) is 0 Å². The molecule has 1 aliphatic rings. The highest BCUT2D eigenvalue weighted by Crippen LogP contribution is 2.05. The summed E-state index contributed by atoms with van der Waals surface area (Å²) in [5.41, 5.74) is 0. The van der Waals surface area contributed by atoms with Gasteiger partial charge in [-0.25, -0.2) is 0 Å². The zero-order valence-electron chi connectivity index (χ0n) is 16.6. The third-order valence-corrected chi connectivity index (χ3v) is 3.70. The van der Waals surface area contributed by atoms with Crippen molar-refractivity contribution in [2.45, 2.75) is 66.4 Å². The van der Waals surface area contributed by atoms with Gasteiger partial charge in [-0.2, -0.15) is 0 Å². The second-order valence-corrected chi connectivity index (χ2v) is 6.72. The Labute approximate surface area is 149 Å². The molecule has 0 radical (unpaired) electrons. The smallest absolute Gasteiger partial charge is 0.222 e. The van der Waals surface area contributed by atoms with Crippen molar-refractivity contribution >= 4 is 5.91 Å². The SMILES string of the molecule is CCC.CCCCCOCCN1CCOC(CNC(=O)C(C)C)C1. The van der Waals surface area contributed by atoms with Gasteiger partial charge in [0.15, 0.2) is 0 Å². The van der Waals surface area contributed by atoms with Crippen LogP contribution in [0.5, 0.6) is 0 Å². The Hall–Kier alpha value is -0.650. The van der Waals surface area contributed by atoms with Crippen LogP contribution in [0.25, 0.3) is 0 Å². The van der Waals surface area contributed by atoms with E-state index < -0.39 is 0 Å². The van der Waals surface area contributed by atoms with Crippen molar-refractivity contribution in [3.63, 3.8) is 0 Å². The van der Waals surface area contributed by atoms with Gasteiger partial charge < -0.3 is 14.8 Å². The molecule has 1 rings (SSSR count). The van der Waals surface area contributed by atoms with E-state index in [-0.39, 0.29) is 17.9 Å². The monoisotopic (exact) mass is 344 g/mol. The van der Waals surface area contributed by atoms with Crippen LogP contribution in [-0.4, -0.2) is 62.9 Å². The summed E-state index contributed by atoms with van der Waals surface area (Å²) in [6, 6.07) is 0. The first-order valence-electron chi connectivity index (χ1n) is 9.74. The standard InChI is InChI=1S/C16H32N2O3.C3H8/c1-4-5-6-9-20-10-7-18-8-11-21-15(13-18)12-17-16(19)14(2)3;1-3-2/h14-15H,4-13H2,1-3H3,(H,17,19);3H2,1-2H3. The Morgan fingerprint density at radius 1 is 1.25 bits per heavy atom. The normalized spacial score (nSPS) is 18.2. The first-order chi connectivity index (χ1) is 11.5. The van der Waals surface area contributed by atoms with Crippen LogP contribution in [0, 0.1) is 5.92 Å². The predicted octanol–water partition coefficient (Wildman–Crippen LogP) is 3.08. The first kappa shape index (κ1) is 23.4. The zero-order chi connectivity index (χ0) is 18.2. The van der Waals surface area contributed by atoms with E-state index >= 15 is 0 Å². The number of ether oxygens (including phenoxy) is 2. The number of rotatable bonds is 10. The molecule has 0 aromatic heterocycles. The van der Waals surface area contributed by atoms with E-state index in [1.165, 1.54) is 19.3 Å². The molecular formula is C19H40N2O3. The van der Waals surface area contributed by atoms with Gasteiger partial charge in [0.2, 0.25) is 5.91 Å². The molecule has 1 N–H and O–H groups in total. The van der Waals surface area contributed by atoms with Crippen molar-refractivity contribution in [1.82, 2.24) is 10.2 Å². The number of hydrogen-bond donors (Lipinski definition) is 1. The molecule has 0 bridgehead atoms. The van der Waals surface area contributed by atoms with Gasteiger partial charge in [0.1, 0.15) is 0 Å². The van der Waals surface area contributed by atoms with Crippen molar-refractivity contribution in [3.05, 3.63) is 0 Å². The van der Waals surface area contributed by atoms with E-state index in [1.807, 2.05) is 13.8 Å². The Morgan fingerprint density at radius 2 is 1.96 bits per heavy atom. The van der Waals surface area contributed by atoms with E-state index in [0.29, 0.717) is 6.54 Å². The fourth-order valence-corrected chi connectivity index (χ4v) is 2.28. The lowest BCUT2D eigenvalue weighted by Gasteiger charge is -2.33. The van der Waals surface area contributed by atoms with Crippen LogP contribution in [0.3, 0.4) is 0 Å². The summed E-state index contributed by atoms with van der Waals surface area (Å²) in [5, 5.41) is 2.94. The van der Waals surface area contributed by atoms with Gasteiger partial charge in [-0.15, -0.1) is 0 Å². The molecule has 1 saturated heterocycles. The summed E-state index contributed by atoms with van der Waals surface area (Å²) < 4.78 is 11.4. The highest BCUT2D eigenvalue weighted by Gasteiger charge is 2.21. The molecule has 5 heteroatoms. The maximum Gasteiger partial charge on any atom is 0.222 e. The molecule has 0 spiro atoms. The minimum atomic E-state index is 0.0289. The summed E-state index contributed by atoms with van der Waals surface area (Å²) in [7, 11) is 0. The summed E-state index contributed by atoms with van der Waals surface area (Å²) >= 11 is 0. The minimum absolute atomic E-state index is 0.0289. The van der Waals surface area contributed by atoms with Crippen LogP contribution in [0.2, 0.25) is 0 Å². The molecule has 1 unspecified atom stereocenters. The molecule has 144 valence electrons. The Balaban J connectivity index is 0.00000163. The molecule has 1 fully saturated rings. The maximum absolute atomic E-state index is 11.6. The van der Waals surface area contributed by atoms with E-state index in [4.69, 9.17) is 9.47 Å². The van der Waals surface area contributed by atoms with Crippen LogP contribution in [0.1, 0.15) is 60.3 Å². The molecule has 1 amide bonds. The summed E-state index contributed by atoms with van der Waals surface area (Å²) in [5.74, 6) is 0.121. The first-order valence-corrected chi connectivity index (χ1v) is 9.74. The number of hydrogen-bond acceptors (Lipinski definition) is 4.